The summed E-state index contributed by atoms with van der Waals surface area (Å²) in [6, 6.07) is 7.33. The van der Waals surface area contributed by atoms with E-state index in [-0.39, 0.29) is 11.9 Å². The third-order valence-electron chi connectivity index (χ3n) is 2.97. The zero-order valence-electron chi connectivity index (χ0n) is 11.7. The predicted octanol–water partition coefficient (Wildman–Crippen LogP) is 1.85. The fourth-order valence-electron chi connectivity index (χ4n) is 1.80. The molecule has 2 aromatic rings. The molecule has 0 aliphatic rings. The van der Waals surface area contributed by atoms with Crippen molar-refractivity contribution in [3.8, 4) is 11.4 Å². The number of carbonyl (C=O) groups excluding carboxylic acids is 1. The SMILES string of the molecule is CCC(N)CC(=O)Nc1cccc(-c2n[nH]c(C)n2)c1. The molecule has 2 rings (SSSR count). The van der Waals surface area contributed by atoms with E-state index in [0.717, 1.165) is 23.5 Å². The first kappa shape index (κ1) is 14.2. The van der Waals surface area contributed by atoms with Crippen molar-refractivity contribution in [1.82, 2.24) is 15.2 Å². The molecule has 1 aromatic carbocycles. The maximum Gasteiger partial charge on any atom is 0.225 e. The van der Waals surface area contributed by atoms with Crippen LogP contribution < -0.4 is 11.1 Å². The van der Waals surface area contributed by atoms with Crippen LogP contribution in [0.4, 0.5) is 5.69 Å². The molecule has 0 radical (unpaired) electrons. The van der Waals surface area contributed by atoms with Gasteiger partial charge in [-0.15, -0.1) is 0 Å². The van der Waals surface area contributed by atoms with Gasteiger partial charge in [0.1, 0.15) is 5.82 Å². The standard InChI is InChI=1S/C14H19N5O/c1-3-11(15)8-13(20)17-12-6-4-5-10(7-12)14-16-9(2)18-19-14/h4-7,11H,3,8,15H2,1-2H3,(H,17,20)(H,16,18,19). The topological polar surface area (TPSA) is 96.7 Å². The third-order valence-corrected chi connectivity index (χ3v) is 2.97. The first-order valence-corrected chi connectivity index (χ1v) is 6.63. The molecule has 0 bridgehead atoms. The van der Waals surface area contributed by atoms with Crippen molar-refractivity contribution in [2.75, 3.05) is 5.32 Å². The molecule has 1 heterocycles. The Morgan fingerprint density at radius 1 is 1.50 bits per heavy atom. The Bertz CT molecular complexity index is 593. The van der Waals surface area contributed by atoms with Gasteiger partial charge in [-0.05, 0) is 25.5 Å². The maximum absolute atomic E-state index is 11.8. The van der Waals surface area contributed by atoms with Gasteiger partial charge in [-0.3, -0.25) is 9.89 Å². The number of nitrogens with zero attached hydrogens (tertiary/aromatic N) is 2. The molecule has 0 saturated heterocycles. The van der Waals surface area contributed by atoms with E-state index in [1.807, 2.05) is 38.1 Å². The molecule has 1 aromatic heterocycles. The number of nitrogens with two attached hydrogens (primary N) is 1. The van der Waals surface area contributed by atoms with E-state index in [0.29, 0.717) is 12.2 Å². The lowest BCUT2D eigenvalue weighted by atomic mass is 10.1. The first-order valence-electron chi connectivity index (χ1n) is 6.63. The lowest BCUT2D eigenvalue weighted by Gasteiger charge is -2.09. The van der Waals surface area contributed by atoms with Gasteiger partial charge < -0.3 is 11.1 Å². The summed E-state index contributed by atoms with van der Waals surface area (Å²) in [5, 5.41) is 9.73. The normalized spacial score (nSPS) is 12.2. The monoisotopic (exact) mass is 273 g/mol. The average molecular weight is 273 g/mol. The van der Waals surface area contributed by atoms with Gasteiger partial charge in [-0.2, -0.15) is 5.10 Å². The van der Waals surface area contributed by atoms with Crippen LogP contribution in [0.5, 0.6) is 0 Å². The van der Waals surface area contributed by atoms with Crippen molar-refractivity contribution in [3.63, 3.8) is 0 Å². The summed E-state index contributed by atoms with van der Waals surface area (Å²) in [7, 11) is 0. The molecule has 106 valence electrons. The predicted molar refractivity (Wildman–Crippen MR) is 78.1 cm³/mol. The van der Waals surface area contributed by atoms with Crippen LogP contribution in [-0.4, -0.2) is 27.1 Å². The zero-order chi connectivity index (χ0) is 14.5. The smallest absolute Gasteiger partial charge is 0.225 e. The second-order valence-electron chi connectivity index (χ2n) is 4.75. The van der Waals surface area contributed by atoms with Crippen LogP contribution in [0.2, 0.25) is 0 Å². The largest absolute Gasteiger partial charge is 0.327 e. The summed E-state index contributed by atoms with van der Waals surface area (Å²) < 4.78 is 0. The van der Waals surface area contributed by atoms with E-state index >= 15 is 0 Å². The van der Waals surface area contributed by atoms with Gasteiger partial charge in [0.15, 0.2) is 5.82 Å². The van der Waals surface area contributed by atoms with E-state index in [1.54, 1.807) is 0 Å². The van der Waals surface area contributed by atoms with Crippen LogP contribution >= 0.6 is 0 Å². The van der Waals surface area contributed by atoms with Crippen LogP contribution in [0.3, 0.4) is 0 Å². The van der Waals surface area contributed by atoms with Crippen LogP contribution in [0.1, 0.15) is 25.6 Å². The highest BCUT2D eigenvalue weighted by molar-refractivity contribution is 5.91. The third kappa shape index (κ3) is 3.64. The number of carbonyl (C=O) groups is 1. The summed E-state index contributed by atoms with van der Waals surface area (Å²) >= 11 is 0. The highest BCUT2D eigenvalue weighted by atomic mass is 16.1. The van der Waals surface area contributed by atoms with Crippen molar-refractivity contribution >= 4 is 11.6 Å². The zero-order valence-corrected chi connectivity index (χ0v) is 11.7. The van der Waals surface area contributed by atoms with Crippen molar-refractivity contribution < 1.29 is 4.79 Å². The van der Waals surface area contributed by atoms with Gasteiger partial charge in [0.05, 0.1) is 0 Å². The van der Waals surface area contributed by atoms with E-state index in [1.165, 1.54) is 0 Å². The number of hydrogen-bond donors (Lipinski definition) is 3. The summed E-state index contributed by atoms with van der Waals surface area (Å²) in [5.41, 5.74) is 7.34. The van der Waals surface area contributed by atoms with Gasteiger partial charge in [0, 0.05) is 23.7 Å². The highest BCUT2D eigenvalue weighted by Gasteiger charge is 2.09. The second kappa shape index (κ2) is 6.29. The molecule has 0 spiro atoms. The average Bonchev–Trinajstić information content (AvgIpc) is 2.85. The summed E-state index contributed by atoms with van der Waals surface area (Å²) in [6.45, 7) is 3.80. The van der Waals surface area contributed by atoms with Crippen LogP contribution in [0.25, 0.3) is 11.4 Å². The van der Waals surface area contributed by atoms with Crippen molar-refractivity contribution in [1.29, 1.82) is 0 Å². The number of hydrogen-bond acceptors (Lipinski definition) is 4. The van der Waals surface area contributed by atoms with Gasteiger partial charge in [-0.25, -0.2) is 4.98 Å². The molecular weight excluding hydrogens is 254 g/mol. The molecule has 20 heavy (non-hydrogen) atoms. The highest BCUT2D eigenvalue weighted by Crippen LogP contribution is 2.19. The fraction of sp³-hybridized carbons (Fsp3) is 0.357. The Morgan fingerprint density at radius 2 is 2.30 bits per heavy atom. The van der Waals surface area contributed by atoms with Gasteiger partial charge in [0.2, 0.25) is 5.91 Å². The first-order chi connectivity index (χ1) is 9.58. The summed E-state index contributed by atoms with van der Waals surface area (Å²) in [5.74, 6) is 1.29. The summed E-state index contributed by atoms with van der Waals surface area (Å²) in [6.07, 6.45) is 1.10. The number of rotatable bonds is 5. The van der Waals surface area contributed by atoms with E-state index in [4.69, 9.17) is 5.73 Å². The fourth-order valence-corrected chi connectivity index (χ4v) is 1.80. The molecule has 0 saturated carbocycles. The number of nitrogens with one attached hydrogen (secondary N) is 2. The van der Waals surface area contributed by atoms with Gasteiger partial charge in [-0.1, -0.05) is 19.1 Å². The van der Waals surface area contributed by atoms with Gasteiger partial charge >= 0.3 is 0 Å². The Hall–Kier alpha value is -2.21. The van der Waals surface area contributed by atoms with E-state index in [9.17, 15) is 4.79 Å². The molecule has 0 aliphatic heterocycles. The molecular formula is C14H19N5O. The van der Waals surface area contributed by atoms with E-state index < -0.39 is 0 Å². The Kier molecular flexibility index (Phi) is 4.47. The number of amides is 1. The number of anilines is 1. The lowest BCUT2D eigenvalue weighted by molar-refractivity contribution is -0.116. The molecule has 0 aliphatic carbocycles. The van der Waals surface area contributed by atoms with E-state index in [2.05, 4.69) is 20.5 Å². The molecule has 1 atom stereocenters. The molecule has 0 fully saturated rings. The van der Waals surface area contributed by atoms with Crippen LogP contribution in [0.15, 0.2) is 24.3 Å². The molecule has 1 unspecified atom stereocenters. The Labute approximate surface area is 117 Å². The molecule has 1 amide bonds. The number of benzene rings is 1. The molecule has 6 nitrogen and oxygen atoms in total. The summed E-state index contributed by atoms with van der Waals surface area (Å²) in [4.78, 5) is 16.1. The minimum Gasteiger partial charge on any atom is -0.327 e. The van der Waals surface area contributed by atoms with Crippen molar-refractivity contribution in [3.05, 3.63) is 30.1 Å². The quantitative estimate of drug-likeness (QED) is 0.774. The minimum atomic E-state index is -0.103. The minimum absolute atomic E-state index is 0.0809. The number of aromatic nitrogens is 3. The lowest BCUT2D eigenvalue weighted by Crippen LogP contribution is -2.26. The van der Waals surface area contributed by atoms with Crippen LogP contribution in [-0.2, 0) is 4.79 Å². The number of aryl methyl sites for hydroxylation is 1. The number of H-pyrrole nitrogens is 1. The number of aromatic amines is 1. The van der Waals surface area contributed by atoms with Crippen molar-refractivity contribution in [2.24, 2.45) is 5.73 Å². The van der Waals surface area contributed by atoms with Crippen LogP contribution in [0, 0.1) is 6.92 Å². The Balaban J connectivity index is 2.08. The van der Waals surface area contributed by atoms with Gasteiger partial charge in [0.25, 0.3) is 0 Å². The molecule has 6 heteroatoms. The molecule has 4 N–H and O–H groups in total. The maximum atomic E-state index is 11.8. The second-order valence-corrected chi connectivity index (χ2v) is 4.75. The Morgan fingerprint density at radius 3 is 2.95 bits per heavy atom. The van der Waals surface area contributed by atoms with Crippen molar-refractivity contribution in [2.45, 2.75) is 32.7 Å².